The van der Waals surface area contributed by atoms with Crippen LogP contribution in [0.25, 0.3) is 139 Å². The van der Waals surface area contributed by atoms with Gasteiger partial charge in [0, 0.05) is 46.2 Å². The lowest BCUT2D eigenvalue weighted by Crippen LogP contribution is -2.42. The Hall–Kier alpha value is -5.14. The second-order valence-corrected chi connectivity index (χ2v) is 21.5. The van der Waals surface area contributed by atoms with E-state index in [1.54, 1.807) is 142 Å². The highest BCUT2D eigenvalue weighted by atomic mass is 32.1. The number of benzene rings is 8. The van der Waals surface area contributed by atoms with E-state index in [-0.39, 0.29) is 5.41 Å². The molecular weight excluding hydrogens is 759 g/mol. The average molecular weight is 790 g/mol. The maximum atomic E-state index is 6.34. The fraction of sp³-hybridized carbons (Fsp3) is 0.222. The average Bonchev–Trinajstić information content (AvgIpc) is 4.09. The van der Waals surface area contributed by atoms with Crippen LogP contribution in [0.15, 0.2) is 60.0 Å². The van der Waals surface area contributed by atoms with Crippen LogP contribution < -0.4 is 10.4 Å². The molecule has 3 atom stereocenters. The van der Waals surface area contributed by atoms with Crippen molar-refractivity contribution in [3.63, 3.8) is 0 Å². The maximum absolute atomic E-state index is 6.34. The van der Waals surface area contributed by atoms with Crippen molar-refractivity contribution in [2.45, 2.75) is 30.7 Å². The van der Waals surface area contributed by atoms with Crippen molar-refractivity contribution in [3.8, 4) is 9.75 Å². The molecule has 2 aromatic heterocycles. The molecule has 1 aliphatic heterocycles. The Labute approximate surface area is 343 Å². The molecule has 3 nitrogen and oxygen atoms in total. The van der Waals surface area contributed by atoms with Crippen LogP contribution in [0.3, 0.4) is 0 Å². The number of likely N-dealkylation sites (tertiary alicyclic amines) is 1. The van der Waals surface area contributed by atoms with Gasteiger partial charge in [0.15, 0.2) is 0 Å². The molecule has 5 aliphatic rings. The van der Waals surface area contributed by atoms with Crippen molar-refractivity contribution in [1.82, 2.24) is 4.90 Å². The molecule has 14 aromatic rings. The lowest BCUT2D eigenvalue weighted by molar-refractivity contribution is 0.0542. The number of ether oxygens (including phenoxy) is 2. The van der Waals surface area contributed by atoms with Crippen LogP contribution in [-0.4, -0.2) is 44.9 Å². The molecule has 0 N–H and O–H groups in total. The molecule has 1 fully saturated rings. The standard InChI is InChI=1S/C54H31NO2S2/c1-56-8-9-57-7-6-55-19-54-18-26-16-24-14-21-11-20-12-23-13-22-15-25-17-27(51(54)53(55)30-5-4-29(59-30)28-3-2-10-58-28)38-43-34(25)33(22)40-35(23)39-31(20)32(21)41-36(24)42-37(26)52(54)50(38)49-47(42)45(41)44(39)46(40)48(43)49/h2-5,10-14,16,51,53H,6-9,15,17-19H2,1H3. The molecule has 5 heteroatoms. The number of fused-ring (bicyclic) bond motifs is 1. The van der Waals surface area contributed by atoms with Gasteiger partial charge in [-0.05, 0) is 207 Å². The first-order chi connectivity index (χ1) is 29.2. The maximum Gasteiger partial charge on any atom is 0.0700 e. The van der Waals surface area contributed by atoms with E-state index in [1.807, 2.05) is 11.3 Å². The number of thiophene rings is 2. The molecule has 12 aromatic carbocycles. The van der Waals surface area contributed by atoms with Gasteiger partial charge in [-0.25, -0.2) is 0 Å². The Morgan fingerprint density at radius 1 is 0.627 bits per heavy atom. The molecule has 59 heavy (non-hydrogen) atoms. The van der Waals surface area contributed by atoms with Gasteiger partial charge in [-0.3, -0.25) is 4.90 Å². The molecule has 276 valence electrons. The van der Waals surface area contributed by atoms with Gasteiger partial charge in [0.2, 0.25) is 0 Å². The Balaban J connectivity index is 1.04. The van der Waals surface area contributed by atoms with E-state index in [2.05, 4.69) is 76.2 Å². The predicted molar refractivity (Wildman–Crippen MR) is 248 cm³/mol. The Morgan fingerprint density at radius 3 is 2.07 bits per heavy atom. The summed E-state index contributed by atoms with van der Waals surface area (Å²) < 4.78 is 11.7. The summed E-state index contributed by atoms with van der Waals surface area (Å²) in [6.07, 6.45) is 3.32. The first kappa shape index (κ1) is 29.1. The van der Waals surface area contributed by atoms with Crippen molar-refractivity contribution in [2.24, 2.45) is 5.92 Å². The van der Waals surface area contributed by atoms with Gasteiger partial charge in [0.1, 0.15) is 0 Å². The number of methoxy groups -OCH3 is 1. The van der Waals surface area contributed by atoms with Crippen molar-refractivity contribution in [1.29, 1.82) is 0 Å². The minimum Gasteiger partial charge on any atom is -0.382 e. The van der Waals surface area contributed by atoms with Gasteiger partial charge >= 0.3 is 0 Å². The van der Waals surface area contributed by atoms with E-state index in [0.717, 1.165) is 39.0 Å². The van der Waals surface area contributed by atoms with Crippen LogP contribution in [0.1, 0.15) is 34.0 Å². The fourth-order valence-electron chi connectivity index (χ4n) is 16.2. The van der Waals surface area contributed by atoms with E-state index < -0.39 is 0 Å². The quantitative estimate of drug-likeness (QED) is 0.113. The second kappa shape index (κ2) is 8.70. The number of hydrogen-bond acceptors (Lipinski definition) is 5. The van der Waals surface area contributed by atoms with Gasteiger partial charge in [-0.15, -0.1) is 22.7 Å². The lowest BCUT2D eigenvalue weighted by Gasteiger charge is -2.40. The van der Waals surface area contributed by atoms with Crippen LogP contribution in [0, 0.1) is 5.92 Å². The zero-order chi connectivity index (χ0) is 37.3. The van der Waals surface area contributed by atoms with E-state index in [4.69, 9.17) is 9.47 Å². The summed E-state index contributed by atoms with van der Waals surface area (Å²) >= 11 is 3.92. The van der Waals surface area contributed by atoms with Crippen molar-refractivity contribution < 1.29 is 9.47 Å². The zero-order valence-electron chi connectivity index (χ0n) is 32.2. The third-order valence-electron chi connectivity index (χ3n) is 17.4. The topological polar surface area (TPSA) is 21.7 Å². The number of rotatable bonds is 8. The van der Waals surface area contributed by atoms with Gasteiger partial charge in [0.05, 0.1) is 25.9 Å². The third-order valence-corrected chi connectivity index (χ3v) is 19.6. The van der Waals surface area contributed by atoms with Crippen LogP contribution in [-0.2, 0) is 27.7 Å². The summed E-state index contributed by atoms with van der Waals surface area (Å²) in [6, 6.07) is 22.8. The summed E-state index contributed by atoms with van der Waals surface area (Å²) in [6.45, 7) is 4.01. The minimum absolute atomic E-state index is 0.00370. The van der Waals surface area contributed by atoms with Gasteiger partial charge in [-0.1, -0.05) is 29.3 Å². The minimum atomic E-state index is 0.00370. The van der Waals surface area contributed by atoms with Gasteiger partial charge in [0.25, 0.3) is 0 Å². The fourth-order valence-corrected chi connectivity index (χ4v) is 18.2. The Kier molecular flexibility index (Phi) is 4.30. The summed E-state index contributed by atoms with van der Waals surface area (Å²) in [4.78, 5) is 7.22. The molecule has 0 saturated carbocycles. The molecular formula is C54H31NO2S2. The summed E-state index contributed by atoms with van der Waals surface area (Å²) in [5.74, 6) is 0.396. The van der Waals surface area contributed by atoms with Crippen molar-refractivity contribution in [3.05, 3.63) is 92.0 Å². The van der Waals surface area contributed by atoms with E-state index in [1.165, 1.54) is 36.2 Å². The molecule has 1 spiro atoms. The van der Waals surface area contributed by atoms with Crippen LogP contribution in [0.5, 0.6) is 0 Å². The molecule has 3 unspecified atom stereocenters. The summed E-state index contributed by atoms with van der Waals surface area (Å²) in [5, 5.41) is 40.3. The monoisotopic (exact) mass is 789 g/mol. The van der Waals surface area contributed by atoms with E-state index in [9.17, 15) is 0 Å². The van der Waals surface area contributed by atoms with Crippen molar-refractivity contribution in [2.75, 3.05) is 40.0 Å². The van der Waals surface area contributed by atoms with Crippen LogP contribution in [0.4, 0.5) is 0 Å². The molecule has 19 rings (SSSR count). The van der Waals surface area contributed by atoms with E-state index >= 15 is 0 Å². The van der Waals surface area contributed by atoms with Crippen molar-refractivity contribution >= 4 is 152 Å². The van der Waals surface area contributed by atoms with E-state index in [0.29, 0.717) is 25.2 Å². The third kappa shape index (κ3) is 2.63. The largest absolute Gasteiger partial charge is 0.382 e. The highest BCUT2D eigenvalue weighted by molar-refractivity contribution is 7.21. The highest BCUT2D eigenvalue weighted by Gasteiger charge is 2.61. The van der Waals surface area contributed by atoms with Gasteiger partial charge in [-0.2, -0.15) is 0 Å². The zero-order valence-corrected chi connectivity index (χ0v) is 33.8. The predicted octanol–water partition coefficient (Wildman–Crippen LogP) is 11.5. The van der Waals surface area contributed by atoms with Crippen LogP contribution >= 0.6 is 22.7 Å². The second-order valence-electron chi connectivity index (χ2n) is 19.5. The SMILES string of the molecule is COCCOCCN1CC23Cc4cc5cc6cc7cc8cc9c%10c%11c%12c(c%13c2c4c2c5c4c6c7c5c8c%10c6c%12c%13c2c4c56)=C(CC=%11C9)C3C1c1ccc(-c2cccs2)s1. The normalized spacial score (nSPS) is 22.7. The number of hydrogen-bond donors (Lipinski definition) is 0. The first-order valence-corrected chi connectivity index (χ1v) is 23.4. The number of nitrogens with zero attached hydrogens (tertiary/aromatic N) is 1. The summed E-state index contributed by atoms with van der Waals surface area (Å²) in [7, 11) is 1.77. The Bertz CT molecular complexity index is 4340. The first-order valence-electron chi connectivity index (χ1n) is 21.7. The highest BCUT2D eigenvalue weighted by Crippen LogP contribution is 2.70. The Morgan fingerprint density at radius 2 is 1.31 bits per heavy atom. The van der Waals surface area contributed by atoms with Crippen LogP contribution in [0.2, 0.25) is 0 Å². The molecule has 4 aliphatic carbocycles. The molecule has 3 heterocycles. The van der Waals surface area contributed by atoms with Gasteiger partial charge < -0.3 is 9.47 Å². The smallest absolute Gasteiger partial charge is 0.0700 e. The molecule has 0 bridgehead atoms. The lowest BCUT2D eigenvalue weighted by atomic mass is 9.62. The summed E-state index contributed by atoms with van der Waals surface area (Å²) in [5.41, 5.74) is 8.40. The molecule has 0 radical (unpaired) electrons. The molecule has 0 amide bonds. The molecule has 1 saturated heterocycles.